The van der Waals surface area contributed by atoms with Crippen molar-refractivity contribution in [3.63, 3.8) is 0 Å². The molecule has 2 heterocycles. The maximum Gasteiger partial charge on any atom is 0.248 e. The highest BCUT2D eigenvalue weighted by molar-refractivity contribution is 5.96. The molecular weight excluding hydrogens is 429 g/mol. The third-order valence-electron chi connectivity index (χ3n) is 6.35. The number of fused-ring (bicyclic) bond motifs is 1. The van der Waals surface area contributed by atoms with Gasteiger partial charge in [-0.3, -0.25) is 9.20 Å². The van der Waals surface area contributed by atoms with Crippen molar-refractivity contribution < 1.29 is 9.18 Å². The topological polar surface area (TPSA) is 85.3 Å². The average Bonchev–Trinajstić information content (AvgIpc) is 3.55. The third kappa shape index (κ3) is 4.02. The molecule has 4 aromatic rings. The number of nitrogens with two attached hydrogens (primary N) is 1. The van der Waals surface area contributed by atoms with Gasteiger partial charge in [-0.1, -0.05) is 19.9 Å². The molecule has 1 saturated carbocycles. The number of rotatable bonds is 7. The lowest BCUT2D eigenvalue weighted by atomic mass is 9.92. The molecule has 0 saturated heterocycles. The number of halogens is 1. The Morgan fingerprint density at radius 1 is 1.21 bits per heavy atom. The lowest BCUT2D eigenvalue weighted by Gasteiger charge is -2.16. The fraction of sp³-hybridized carbons (Fsp3) is 0.296. The highest BCUT2D eigenvalue weighted by atomic mass is 19.1. The monoisotopic (exact) mass is 457 g/mol. The Bertz CT molecular complexity index is 1390. The van der Waals surface area contributed by atoms with Crippen molar-refractivity contribution in [3.8, 4) is 22.5 Å². The van der Waals surface area contributed by atoms with E-state index in [4.69, 9.17) is 15.7 Å². The number of nitrogens with zero attached hydrogens (tertiary/aromatic N) is 3. The number of benzene rings is 2. The zero-order valence-corrected chi connectivity index (χ0v) is 19.6. The molecule has 0 bridgehead atoms. The second-order valence-electron chi connectivity index (χ2n) is 9.43. The molecule has 0 unspecified atom stereocenters. The molecule has 1 amide bonds. The zero-order chi connectivity index (χ0) is 24.0. The Kier molecular flexibility index (Phi) is 5.55. The highest BCUT2D eigenvalue weighted by Gasteiger charge is 2.30. The van der Waals surface area contributed by atoms with Crippen LogP contribution in [-0.4, -0.2) is 26.8 Å². The van der Waals surface area contributed by atoms with Gasteiger partial charge in [-0.2, -0.15) is 0 Å². The molecule has 7 heteroatoms. The number of nitrogens with one attached hydrogen (secondary N) is 1. The van der Waals surface area contributed by atoms with Crippen LogP contribution in [0.3, 0.4) is 0 Å². The van der Waals surface area contributed by atoms with E-state index in [9.17, 15) is 9.18 Å². The van der Waals surface area contributed by atoms with Gasteiger partial charge in [0.1, 0.15) is 5.82 Å². The number of hydrogen-bond acceptors (Lipinski definition) is 4. The van der Waals surface area contributed by atoms with E-state index in [0.717, 1.165) is 58.7 Å². The first-order valence-electron chi connectivity index (χ1n) is 11.6. The van der Waals surface area contributed by atoms with Crippen LogP contribution < -0.4 is 11.1 Å². The first kappa shape index (κ1) is 22.1. The molecule has 0 aliphatic heterocycles. The molecule has 1 aliphatic rings. The first-order valence-corrected chi connectivity index (χ1v) is 11.6. The molecule has 0 spiro atoms. The number of aromatic nitrogens is 3. The van der Waals surface area contributed by atoms with Crippen molar-refractivity contribution in [2.75, 3.05) is 11.9 Å². The molecule has 0 atom stereocenters. The molecule has 0 radical (unpaired) electrons. The highest BCUT2D eigenvalue weighted by Crippen LogP contribution is 2.47. The minimum Gasteiger partial charge on any atom is -0.367 e. The van der Waals surface area contributed by atoms with E-state index in [1.807, 2.05) is 29.8 Å². The minimum absolute atomic E-state index is 0.287. The predicted molar refractivity (Wildman–Crippen MR) is 132 cm³/mol. The van der Waals surface area contributed by atoms with Crippen molar-refractivity contribution in [3.05, 3.63) is 71.3 Å². The van der Waals surface area contributed by atoms with Gasteiger partial charge in [0.2, 0.25) is 5.91 Å². The van der Waals surface area contributed by atoms with Crippen molar-refractivity contribution >= 4 is 17.4 Å². The number of anilines is 1. The van der Waals surface area contributed by atoms with Crippen LogP contribution in [0.5, 0.6) is 0 Å². The van der Waals surface area contributed by atoms with E-state index in [1.54, 1.807) is 18.2 Å². The Balaban J connectivity index is 1.72. The molecule has 1 fully saturated rings. The molecular formula is C27H28FN5O. The smallest absolute Gasteiger partial charge is 0.248 e. The van der Waals surface area contributed by atoms with Gasteiger partial charge >= 0.3 is 0 Å². The van der Waals surface area contributed by atoms with Gasteiger partial charge in [0.15, 0.2) is 11.5 Å². The number of carbonyl (C=O) groups excluding carboxylic acids is 1. The lowest BCUT2D eigenvalue weighted by Crippen LogP contribution is -2.14. The van der Waals surface area contributed by atoms with Crippen molar-refractivity contribution in [1.82, 2.24) is 14.4 Å². The van der Waals surface area contributed by atoms with Gasteiger partial charge in [0.25, 0.3) is 0 Å². The van der Waals surface area contributed by atoms with E-state index in [0.29, 0.717) is 23.2 Å². The van der Waals surface area contributed by atoms with Crippen LogP contribution in [0, 0.1) is 18.7 Å². The molecule has 174 valence electrons. The summed E-state index contributed by atoms with van der Waals surface area (Å²) >= 11 is 0. The maximum atomic E-state index is 13.6. The Hall–Kier alpha value is -3.74. The van der Waals surface area contributed by atoms with Crippen LogP contribution in [0.1, 0.15) is 54.1 Å². The number of imidazole rings is 1. The van der Waals surface area contributed by atoms with E-state index < -0.39 is 5.91 Å². The van der Waals surface area contributed by atoms with Crippen LogP contribution in [0.4, 0.5) is 10.2 Å². The van der Waals surface area contributed by atoms with Crippen molar-refractivity contribution in [2.24, 2.45) is 11.7 Å². The van der Waals surface area contributed by atoms with Crippen LogP contribution in [0.15, 0.2) is 48.8 Å². The maximum absolute atomic E-state index is 13.6. The van der Waals surface area contributed by atoms with Crippen molar-refractivity contribution in [1.29, 1.82) is 0 Å². The second-order valence-corrected chi connectivity index (χ2v) is 9.43. The van der Waals surface area contributed by atoms with E-state index in [2.05, 4.69) is 19.2 Å². The van der Waals surface area contributed by atoms with E-state index in [-0.39, 0.29) is 5.82 Å². The van der Waals surface area contributed by atoms with Crippen LogP contribution in [0.25, 0.3) is 28.2 Å². The largest absolute Gasteiger partial charge is 0.367 e. The standard InChI is InChI=1S/C27H28FN5O/c1-15(2)12-30-26-27-31-13-23(33(27)14-22(32-26)17-6-8-19(28)9-7-17)21-11-10-20(25(29)34)16(3)24(21)18-4-5-18/h6-11,13-15,18H,4-5,12H2,1-3H3,(H2,29,34)(H,30,32). The Labute approximate surface area is 198 Å². The zero-order valence-electron chi connectivity index (χ0n) is 19.6. The van der Waals surface area contributed by atoms with Gasteiger partial charge in [-0.15, -0.1) is 0 Å². The molecule has 2 aromatic carbocycles. The second kappa shape index (κ2) is 8.56. The van der Waals surface area contributed by atoms with Gasteiger partial charge < -0.3 is 11.1 Å². The normalized spacial score (nSPS) is 13.6. The Morgan fingerprint density at radius 3 is 2.59 bits per heavy atom. The fourth-order valence-corrected chi connectivity index (χ4v) is 4.48. The van der Waals surface area contributed by atoms with Gasteiger partial charge in [0, 0.05) is 29.4 Å². The Morgan fingerprint density at radius 2 is 1.94 bits per heavy atom. The SMILES string of the molecule is Cc1c(C(N)=O)ccc(-c2cnc3c(NCC(C)C)nc(-c4ccc(F)cc4)cn23)c1C1CC1. The van der Waals surface area contributed by atoms with E-state index in [1.165, 1.54) is 12.1 Å². The van der Waals surface area contributed by atoms with E-state index >= 15 is 0 Å². The summed E-state index contributed by atoms with van der Waals surface area (Å²) in [7, 11) is 0. The summed E-state index contributed by atoms with van der Waals surface area (Å²) in [5.74, 6) is 0.825. The number of carbonyl (C=O) groups is 1. The van der Waals surface area contributed by atoms with Crippen LogP contribution >= 0.6 is 0 Å². The molecule has 1 aliphatic carbocycles. The van der Waals surface area contributed by atoms with Crippen molar-refractivity contribution in [2.45, 2.75) is 39.5 Å². The average molecular weight is 458 g/mol. The molecule has 2 aromatic heterocycles. The van der Waals surface area contributed by atoms with Gasteiger partial charge in [-0.05, 0) is 73.1 Å². The first-order chi connectivity index (χ1) is 16.3. The summed E-state index contributed by atoms with van der Waals surface area (Å²) in [6.07, 6.45) is 5.99. The lowest BCUT2D eigenvalue weighted by molar-refractivity contribution is 0.0999. The number of primary amides is 1. The predicted octanol–water partition coefficient (Wildman–Crippen LogP) is 5.56. The van der Waals surface area contributed by atoms with Crippen LogP contribution in [-0.2, 0) is 0 Å². The summed E-state index contributed by atoms with van der Waals surface area (Å²) in [5, 5.41) is 3.43. The van der Waals surface area contributed by atoms with Gasteiger partial charge in [-0.25, -0.2) is 14.4 Å². The summed E-state index contributed by atoms with van der Waals surface area (Å²) in [5.41, 5.74) is 12.5. The number of hydrogen-bond donors (Lipinski definition) is 2. The molecule has 34 heavy (non-hydrogen) atoms. The summed E-state index contributed by atoms with van der Waals surface area (Å²) in [6, 6.07) is 10.1. The molecule has 3 N–H and O–H groups in total. The third-order valence-corrected chi connectivity index (χ3v) is 6.35. The summed E-state index contributed by atoms with van der Waals surface area (Å²) in [4.78, 5) is 21.5. The fourth-order valence-electron chi connectivity index (χ4n) is 4.48. The quantitative estimate of drug-likeness (QED) is 0.381. The summed E-state index contributed by atoms with van der Waals surface area (Å²) < 4.78 is 15.6. The van der Waals surface area contributed by atoms with Gasteiger partial charge in [0.05, 0.1) is 17.6 Å². The molecule has 6 nitrogen and oxygen atoms in total. The summed E-state index contributed by atoms with van der Waals surface area (Å²) in [6.45, 7) is 6.99. The van der Waals surface area contributed by atoms with Crippen LogP contribution in [0.2, 0.25) is 0 Å². The molecule has 5 rings (SSSR count). The minimum atomic E-state index is -0.410. The number of amides is 1.